The number of aromatic nitrogens is 2. The first-order valence-corrected chi connectivity index (χ1v) is 6.85. The Bertz CT molecular complexity index is 722. The molecule has 4 nitrogen and oxygen atoms in total. The van der Waals surface area contributed by atoms with Crippen LogP contribution in [0.5, 0.6) is 5.75 Å². The lowest BCUT2D eigenvalue weighted by atomic mass is 10.2. The molecule has 3 aromatic rings. The number of nitrogens with zero attached hydrogens (tertiary/aromatic N) is 2. The van der Waals surface area contributed by atoms with Gasteiger partial charge in [-0.25, -0.2) is 0 Å². The van der Waals surface area contributed by atoms with Crippen LogP contribution in [0.3, 0.4) is 0 Å². The molecule has 0 radical (unpaired) electrons. The summed E-state index contributed by atoms with van der Waals surface area (Å²) >= 11 is 0. The fourth-order valence-electron chi connectivity index (χ4n) is 2.03. The van der Waals surface area contributed by atoms with E-state index in [9.17, 15) is 0 Å². The minimum atomic E-state index is -0.295. The summed E-state index contributed by atoms with van der Waals surface area (Å²) in [5, 5.41) is 4.01. The third-order valence-corrected chi connectivity index (χ3v) is 3.22. The molecule has 0 unspecified atom stereocenters. The van der Waals surface area contributed by atoms with Gasteiger partial charge in [0.05, 0.1) is 0 Å². The summed E-state index contributed by atoms with van der Waals surface area (Å²) in [6.45, 7) is 3.90. The second-order valence-electron chi connectivity index (χ2n) is 4.85. The van der Waals surface area contributed by atoms with Crippen molar-refractivity contribution in [3.05, 3.63) is 66.1 Å². The highest BCUT2D eigenvalue weighted by molar-refractivity contribution is 5.53. The number of hydrogen-bond donors (Lipinski definition) is 0. The van der Waals surface area contributed by atoms with E-state index in [4.69, 9.17) is 9.26 Å². The second-order valence-corrected chi connectivity index (χ2v) is 4.85. The van der Waals surface area contributed by atoms with Gasteiger partial charge >= 0.3 is 0 Å². The molecule has 0 spiro atoms. The molecule has 0 amide bonds. The largest absolute Gasteiger partial charge is 0.481 e. The zero-order valence-electron chi connectivity index (χ0n) is 12.0. The molecule has 0 saturated heterocycles. The van der Waals surface area contributed by atoms with Crippen molar-refractivity contribution in [2.45, 2.75) is 20.0 Å². The maximum atomic E-state index is 5.88. The van der Waals surface area contributed by atoms with Crippen LogP contribution < -0.4 is 4.74 Å². The molecular weight excluding hydrogens is 264 g/mol. The molecule has 0 fully saturated rings. The Morgan fingerprint density at radius 3 is 2.48 bits per heavy atom. The Kier molecular flexibility index (Phi) is 3.69. The van der Waals surface area contributed by atoms with Crippen LogP contribution in [-0.2, 0) is 0 Å². The van der Waals surface area contributed by atoms with Gasteiger partial charge in [-0.05, 0) is 25.5 Å². The maximum absolute atomic E-state index is 5.88. The van der Waals surface area contributed by atoms with Gasteiger partial charge in [0, 0.05) is 5.56 Å². The summed E-state index contributed by atoms with van der Waals surface area (Å²) in [6.07, 6.45) is -0.295. The predicted octanol–water partition coefficient (Wildman–Crippen LogP) is 4.19. The standard InChI is InChI=1S/C17H16N2O2/c1-12-8-6-7-11-15(12)20-13(2)17-18-16(19-21-17)14-9-4-3-5-10-14/h3-11,13H,1-2H3/t13-/m1/s1. The maximum Gasteiger partial charge on any atom is 0.267 e. The van der Waals surface area contributed by atoms with Gasteiger partial charge in [0.15, 0.2) is 6.10 Å². The molecule has 0 bridgehead atoms. The number of benzene rings is 2. The lowest BCUT2D eigenvalue weighted by Gasteiger charge is -2.12. The summed E-state index contributed by atoms with van der Waals surface area (Å²) in [4.78, 5) is 4.40. The summed E-state index contributed by atoms with van der Waals surface area (Å²) in [6, 6.07) is 17.6. The van der Waals surface area contributed by atoms with Gasteiger partial charge in [0.1, 0.15) is 5.75 Å². The summed E-state index contributed by atoms with van der Waals surface area (Å²) in [5.74, 6) is 1.87. The third kappa shape index (κ3) is 2.94. The molecule has 0 saturated carbocycles. The number of para-hydroxylation sites is 1. The Balaban J connectivity index is 1.79. The lowest BCUT2D eigenvalue weighted by molar-refractivity contribution is 0.175. The highest BCUT2D eigenvalue weighted by Gasteiger charge is 2.17. The van der Waals surface area contributed by atoms with Crippen LogP contribution in [0.4, 0.5) is 0 Å². The van der Waals surface area contributed by atoms with E-state index >= 15 is 0 Å². The van der Waals surface area contributed by atoms with Crippen LogP contribution in [0.1, 0.15) is 24.5 Å². The fourth-order valence-corrected chi connectivity index (χ4v) is 2.03. The summed E-state index contributed by atoms with van der Waals surface area (Å²) in [7, 11) is 0. The van der Waals surface area contributed by atoms with Crippen molar-refractivity contribution in [2.75, 3.05) is 0 Å². The van der Waals surface area contributed by atoms with Crippen molar-refractivity contribution < 1.29 is 9.26 Å². The minimum absolute atomic E-state index is 0.295. The van der Waals surface area contributed by atoms with E-state index in [1.165, 1.54) is 0 Å². The van der Waals surface area contributed by atoms with Gasteiger partial charge in [-0.3, -0.25) is 0 Å². The van der Waals surface area contributed by atoms with Gasteiger partial charge in [0.25, 0.3) is 5.89 Å². The van der Waals surface area contributed by atoms with Crippen LogP contribution in [0.25, 0.3) is 11.4 Å². The number of ether oxygens (including phenoxy) is 1. The first kappa shape index (κ1) is 13.4. The van der Waals surface area contributed by atoms with E-state index in [1.807, 2.05) is 68.4 Å². The van der Waals surface area contributed by atoms with Crippen molar-refractivity contribution >= 4 is 0 Å². The van der Waals surface area contributed by atoms with Crippen LogP contribution in [0.2, 0.25) is 0 Å². The Morgan fingerprint density at radius 2 is 1.71 bits per heavy atom. The van der Waals surface area contributed by atoms with Crippen molar-refractivity contribution in [1.82, 2.24) is 10.1 Å². The molecule has 0 aliphatic heterocycles. The van der Waals surface area contributed by atoms with Gasteiger partial charge in [-0.15, -0.1) is 0 Å². The smallest absolute Gasteiger partial charge is 0.267 e. The van der Waals surface area contributed by atoms with Crippen molar-refractivity contribution in [3.8, 4) is 17.1 Å². The first-order valence-electron chi connectivity index (χ1n) is 6.85. The number of aryl methyl sites for hydroxylation is 1. The minimum Gasteiger partial charge on any atom is -0.481 e. The molecule has 0 aliphatic rings. The van der Waals surface area contributed by atoms with Crippen molar-refractivity contribution in [1.29, 1.82) is 0 Å². The molecule has 2 aromatic carbocycles. The van der Waals surface area contributed by atoms with Crippen LogP contribution >= 0.6 is 0 Å². The van der Waals surface area contributed by atoms with E-state index in [0.29, 0.717) is 11.7 Å². The number of rotatable bonds is 4. The Hall–Kier alpha value is -2.62. The first-order chi connectivity index (χ1) is 10.2. The molecule has 0 N–H and O–H groups in total. The molecule has 1 heterocycles. The molecule has 3 rings (SSSR count). The Morgan fingerprint density at radius 1 is 1.00 bits per heavy atom. The number of hydrogen-bond acceptors (Lipinski definition) is 4. The predicted molar refractivity (Wildman–Crippen MR) is 80.0 cm³/mol. The van der Waals surface area contributed by atoms with Crippen molar-refractivity contribution in [2.24, 2.45) is 0 Å². The lowest BCUT2D eigenvalue weighted by Crippen LogP contribution is -2.04. The van der Waals surface area contributed by atoms with Crippen molar-refractivity contribution in [3.63, 3.8) is 0 Å². The van der Waals surface area contributed by atoms with Crippen LogP contribution in [0.15, 0.2) is 59.1 Å². The average Bonchev–Trinajstić information content (AvgIpc) is 3.00. The van der Waals surface area contributed by atoms with Gasteiger partial charge < -0.3 is 9.26 Å². The molecule has 106 valence electrons. The molecule has 0 aliphatic carbocycles. The highest BCUT2D eigenvalue weighted by Crippen LogP contribution is 2.25. The summed E-state index contributed by atoms with van der Waals surface area (Å²) < 4.78 is 11.2. The van der Waals surface area contributed by atoms with E-state index in [2.05, 4.69) is 10.1 Å². The zero-order valence-corrected chi connectivity index (χ0v) is 12.0. The monoisotopic (exact) mass is 280 g/mol. The fraction of sp³-hybridized carbons (Fsp3) is 0.176. The average molecular weight is 280 g/mol. The quantitative estimate of drug-likeness (QED) is 0.719. The molecule has 1 atom stereocenters. The van der Waals surface area contributed by atoms with E-state index in [0.717, 1.165) is 16.9 Å². The van der Waals surface area contributed by atoms with Gasteiger partial charge in [-0.2, -0.15) is 4.98 Å². The zero-order chi connectivity index (χ0) is 14.7. The Labute approximate surface area is 123 Å². The van der Waals surface area contributed by atoms with E-state index < -0.39 is 0 Å². The third-order valence-electron chi connectivity index (χ3n) is 3.22. The second kappa shape index (κ2) is 5.79. The molecule has 1 aromatic heterocycles. The van der Waals surface area contributed by atoms with Crippen LogP contribution in [-0.4, -0.2) is 10.1 Å². The topological polar surface area (TPSA) is 48.2 Å². The molecule has 4 heteroatoms. The normalized spacial score (nSPS) is 12.1. The van der Waals surface area contributed by atoms with Gasteiger partial charge in [-0.1, -0.05) is 53.7 Å². The SMILES string of the molecule is Cc1ccccc1O[C@H](C)c1nc(-c2ccccc2)no1. The van der Waals surface area contributed by atoms with Gasteiger partial charge in [0.2, 0.25) is 5.82 Å². The molecular formula is C17H16N2O2. The van der Waals surface area contributed by atoms with E-state index in [-0.39, 0.29) is 6.10 Å². The van der Waals surface area contributed by atoms with E-state index in [1.54, 1.807) is 0 Å². The van der Waals surface area contributed by atoms with Crippen LogP contribution in [0, 0.1) is 6.92 Å². The molecule has 21 heavy (non-hydrogen) atoms. The highest BCUT2D eigenvalue weighted by atomic mass is 16.5. The summed E-state index contributed by atoms with van der Waals surface area (Å²) in [5.41, 5.74) is 2.00.